The first-order valence-electron chi connectivity index (χ1n) is 6.64. The summed E-state index contributed by atoms with van der Waals surface area (Å²) in [7, 11) is -4.48. The molecule has 1 heterocycles. The molecule has 0 aliphatic rings. The number of halogens is 2. The summed E-state index contributed by atoms with van der Waals surface area (Å²) in [5.74, 6) is -3.06. The van der Waals surface area contributed by atoms with Crippen LogP contribution in [0.2, 0.25) is 5.02 Å². The number of aromatic hydroxyl groups is 1. The van der Waals surface area contributed by atoms with Crippen LogP contribution in [0.1, 0.15) is 10.4 Å². The summed E-state index contributed by atoms with van der Waals surface area (Å²) in [5.41, 5.74) is -0.765. The van der Waals surface area contributed by atoms with Crippen LogP contribution >= 0.6 is 22.9 Å². The molecule has 0 bridgehead atoms. The average molecular weight is 402 g/mol. The Hall–Kier alpha value is -2.36. The Balaban J connectivity index is 2.10. The molecule has 0 fully saturated rings. The van der Waals surface area contributed by atoms with Gasteiger partial charge in [0.05, 0.1) is 16.3 Å². The van der Waals surface area contributed by atoms with E-state index in [1.807, 2.05) is 4.72 Å². The lowest BCUT2D eigenvalue weighted by Gasteiger charge is -2.12. The number of carboxylic acid groups (broad SMARTS) is 1. The standard InChI is InChI=1S/C15H9ClFNO5S2/c16-9-3-8(15(20)21)5-13(14(9)19)25(22,23)18-11-4-7-1-2-24-12(7)6-10(11)17/h1-6,18-19H,(H,20,21). The Bertz CT molecular complexity index is 1110. The SMILES string of the molecule is O=C(O)c1cc(Cl)c(O)c(S(=O)(=O)Nc2cc3ccsc3cc2F)c1. The number of rotatable bonds is 4. The van der Waals surface area contributed by atoms with Crippen LogP contribution in [-0.4, -0.2) is 24.6 Å². The third-order valence-corrected chi connectivity index (χ3v) is 5.90. The van der Waals surface area contributed by atoms with Crippen LogP contribution in [-0.2, 0) is 10.0 Å². The van der Waals surface area contributed by atoms with Gasteiger partial charge in [-0.1, -0.05) is 11.6 Å². The van der Waals surface area contributed by atoms with Gasteiger partial charge < -0.3 is 10.2 Å². The number of hydrogen-bond donors (Lipinski definition) is 3. The van der Waals surface area contributed by atoms with E-state index in [0.717, 1.165) is 12.1 Å². The molecule has 130 valence electrons. The molecule has 0 saturated heterocycles. The molecule has 0 saturated carbocycles. The summed E-state index contributed by atoms with van der Waals surface area (Å²) < 4.78 is 41.8. The second-order valence-corrected chi connectivity index (χ2v) is 8.01. The van der Waals surface area contributed by atoms with E-state index in [4.69, 9.17) is 16.7 Å². The van der Waals surface area contributed by atoms with Crippen LogP contribution in [0.15, 0.2) is 40.6 Å². The summed E-state index contributed by atoms with van der Waals surface area (Å²) in [5, 5.41) is 20.8. The minimum absolute atomic E-state index is 0.331. The number of thiophene rings is 1. The van der Waals surface area contributed by atoms with Gasteiger partial charge in [-0.15, -0.1) is 11.3 Å². The lowest BCUT2D eigenvalue weighted by molar-refractivity contribution is 0.0696. The second kappa shape index (κ2) is 6.17. The Morgan fingerprint density at radius 2 is 1.96 bits per heavy atom. The average Bonchev–Trinajstić information content (AvgIpc) is 2.96. The smallest absolute Gasteiger partial charge is 0.335 e. The fraction of sp³-hybridized carbons (Fsp3) is 0. The van der Waals surface area contributed by atoms with E-state index in [2.05, 4.69) is 0 Å². The zero-order valence-electron chi connectivity index (χ0n) is 12.2. The molecule has 1 aromatic heterocycles. The summed E-state index contributed by atoms with van der Waals surface area (Å²) in [6, 6.07) is 5.83. The number of carboxylic acids is 1. The highest BCUT2D eigenvalue weighted by Gasteiger charge is 2.24. The van der Waals surface area contributed by atoms with Crippen molar-refractivity contribution in [1.82, 2.24) is 0 Å². The number of anilines is 1. The molecule has 25 heavy (non-hydrogen) atoms. The van der Waals surface area contributed by atoms with Crippen LogP contribution in [0.5, 0.6) is 5.75 Å². The summed E-state index contributed by atoms with van der Waals surface area (Å²) in [6.07, 6.45) is 0. The molecular formula is C15H9ClFNO5S2. The van der Waals surface area contributed by atoms with Gasteiger partial charge in [0.2, 0.25) is 0 Å². The number of phenolic OH excluding ortho intramolecular Hbond substituents is 1. The van der Waals surface area contributed by atoms with Gasteiger partial charge >= 0.3 is 5.97 Å². The third kappa shape index (κ3) is 3.26. The zero-order chi connectivity index (χ0) is 18.4. The molecule has 0 amide bonds. The lowest BCUT2D eigenvalue weighted by Crippen LogP contribution is -2.15. The molecule has 0 unspecified atom stereocenters. The van der Waals surface area contributed by atoms with Gasteiger partial charge in [-0.05, 0) is 41.1 Å². The van der Waals surface area contributed by atoms with Crippen molar-refractivity contribution in [2.75, 3.05) is 4.72 Å². The van der Waals surface area contributed by atoms with Crippen molar-refractivity contribution >= 4 is 54.7 Å². The highest BCUT2D eigenvalue weighted by Crippen LogP contribution is 2.34. The van der Waals surface area contributed by atoms with Gasteiger partial charge in [0.1, 0.15) is 10.7 Å². The summed E-state index contributed by atoms with van der Waals surface area (Å²) >= 11 is 6.98. The predicted molar refractivity (Wildman–Crippen MR) is 92.7 cm³/mol. The number of carbonyl (C=O) groups is 1. The molecule has 10 heteroatoms. The molecule has 0 atom stereocenters. The fourth-order valence-corrected chi connectivity index (χ4v) is 4.44. The predicted octanol–water partition coefficient (Wildman–Crippen LogP) is 3.90. The number of fused-ring (bicyclic) bond motifs is 1. The van der Waals surface area contributed by atoms with Crippen LogP contribution in [0.25, 0.3) is 10.1 Å². The van der Waals surface area contributed by atoms with E-state index in [-0.39, 0.29) is 5.69 Å². The molecular weight excluding hydrogens is 393 g/mol. The molecule has 3 rings (SSSR count). The monoisotopic (exact) mass is 401 g/mol. The van der Waals surface area contributed by atoms with E-state index >= 15 is 0 Å². The Labute approximate surface area is 150 Å². The highest BCUT2D eigenvalue weighted by molar-refractivity contribution is 7.92. The maximum atomic E-state index is 14.1. The molecule has 0 spiro atoms. The molecule has 6 nitrogen and oxygen atoms in total. The number of nitrogens with one attached hydrogen (secondary N) is 1. The van der Waals surface area contributed by atoms with Gasteiger partial charge in [0.15, 0.2) is 5.75 Å². The van der Waals surface area contributed by atoms with Crippen LogP contribution in [0.4, 0.5) is 10.1 Å². The van der Waals surface area contributed by atoms with Crippen molar-refractivity contribution in [3.8, 4) is 5.75 Å². The van der Waals surface area contributed by atoms with Gasteiger partial charge in [-0.25, -0.2) is 17.6 Å². The summed E-state index contributed by atoms with van der Waals surface area (Å²) in [6.45, 7) is 0. The number of hydrogen-bond acceptors (Lipinski definition) is 5. The topological polar surface area (TPSA) is 104 Å². The van der Waals surface area contributed by atoms with E-state index in [0.29, 0.717) is 10.1 Å². The van der Waals surface area contributed by atoms with Gasteiger partial charge in [-0.3, -0.25) is 4.72 Å². The largest absolute Gasteiger partial charge is 0.505 e. The first-order valence-corrected chi connectivity index (χ1v) is 9.38. The Morgan fingerprint density at radius 1 is 1.24 bits per heavy atom. The maximum absolute atomic E-state index is 14.1. The maximum Gasteiger partial charge on any atom is 0.335 e. The highest BCUT2D eigenvalue weighted by atomic mass is 35.5. The van der Waals surface area contributed by atoms with Gasteiger partial charge in [0.25, 0.3) is 10.0 Å². The normalized spacial score (nSPS) is 11.6. The molecule has 0 radical (unpaired) electrons. The molecule has 0 aliphatic carbocycles. The van der Waals surface area contributed by atoms with Crippen molar-refractivity contribution in [3.05, 3.63) is 52.1 Å². The van der Waals surface area contributed by atoms with E-state index in [1.165, 1.54) is 23.5 Å². The minimum atomic E-state index is -4.48. The van der Waals surface area contributed by atoms with Crippen LogP contribution in [0, 0.1) is 5.82 Å². The zero-order valence-corrected chi connectivity index (χ0v) is 14.5. The van der Waals surface area contributed by atoms with Crippen LogP contribution < -0.4 is 4.72 Å². The van der Waals surface area contributed by atoms with Crippen molar-refractivity contribution in [2.45, 2.75) is 4.90 Å². The first-order chi connectivity index (χ1) is 11.7. The lowest BCUT2D eigenvalue weighted by atomic mass is 10.2. The first kappa shape index (κ1) is 17.5. The second-order valence-electron chi connectivity index (χ2n) is 5.01. The molecule has 2 aromatic carbocycles. The Kier molecular flexibility index (Phi) is 4.31. The molecule has 3 N–H and O–H groups in total. The summed E-state index contributed by atoms with van der Waals surface area (Å²) in [4.78, 5) is 10.3. The number of phenols is 1. The minimum Gasteiger partial charge on any atom is -0.505 e. The van der Waals surface area contributed by atoms with E-state index in [1.54, 1.807) is 11.4 Å². The van der Waals surface area contributed by atoms with E-state index in [9.17, 15) is 22.7 Å². The number of aromatic carboxylic acids is 1. The molecule has 0 aliphatic heterocycles. The quantitative estimate of drug-likeness (QED) is 0.615. The van der Waals surface area contributed by atoms with Gasteiger partial charge in [-0.2, -0.15) is 0 Å². The van der Waals surface area contributed by atoms with Crippen molar-refractivity contribution < 1.29 is 27.8 Å². The molecule has 3 aromatic rings. The van der Waals surface area contributed by atoms with E-state index < -0.39 is 43.0 Å². The fourth-order valence-electron chi connectivity index (χ4n) is 2.16. The van der Waals surface area contributed by atoms with Gasteiger partial charge in [0, 0.05) is 4.70 Å². The number of sulfonamides is 1. The van der Waals surface area contributed by atoms with Crippen molar-refractivity contribution in [3.63, 3.8) is 0 Å². The third-order valence-electron chi connectivity index (χ3n) is 3.35. The van der Waals surface area contributed by atoms with Crippen molar-refractivity contribution in [1.29, 1.82) is 0 Å². The van der Waals surface area contributed by atoms with Crippen molar-refractivity contribution in [2.24, 2.45) is 0 Å². The van der Waals surface area contributed by atoms with Crippen LogP contribution in [0.3, 0.4) is 0 Å². The number of benzene rings is 2. The Morgan fingerprint density at radius 3 is 2.64 bits per heavy atom.